The van der Waals surface area contributed by atoms with Gasteiger partial charge in [-0.25, -0.2) is 0 Å². The lowest BCUT2D eigenvalue weighted by molar-refractivity contribution is -0.144. The standard InChI is InChI=1S/C13H21F3N2O/c1-10(2)6-17-7-12-11(4-5-19-12)8-18(3)9-13(14,15)16/h4-5,10,17H,6-9H2,1-3H3. The number of rotatable bonds is 7. The highest BCUT2D eigenvalue weighted by molar-refractivity contribution is 5.16. The number of nitrogens with one attached hydrogen (secondary N) is 1. The van der Waals surface area contributed by atoms with Crippen LogP contribution < -0.4 is 5.32 Å². The molecular weight excluding hydrogens is 257 g/mol. The van der Waals surface area contributed by atoms with Crippen molar-refractivity contribution in [3.63, 3.8) is 0 Å². The fourth-order valence-electron chi connectivity index (χ4n) is 1.79. The molecule has 0 unspecified atom stereocenters. The maximum atomic E-state index is 12.2. The fraction of sp³-hybridized carbons (Fsp3) is 0.692. The van der Waals surface area contributed by atoms with Gasteiger partial charge in [-0.2, -0.15) is 13.2 Å². The van der Waals surface area contributed by atoms with E-state index >= 15 is 0 Å². The smallest absolute Gasteiger partial charge is 0.401 e. The largest absolute Gasteiger partial charge is 0.468 e. The van der Waals surface area contributed by atoms with Gasteiger partial charge in [0.1, 0.15) is 5.76 Å². The minimum absolute atomic E-state index is 0.231. The molecule has 0 fully saturated rings. The Morgan fingerprint density at radius 1 is 1.37 bits per heavy atom. The van der Waals surface area contributed by atoms with Crippen LogP contribution in [-0.4, -0.2) is 31.2 Å². The molecule has 110 valence electrons. The van der Waals surface area contributed by atoms with Crippen molar-refractivity contribution in [2.75, 3.05) is 20.1 Å². The van der Waals surface area contributed by atoms with Crippen LogP contribution in [0.2, 0.25) is 0 Å². The van der Waals surface area contributed by atoms with Gasteiger partial charge in [0.25, 0.3) is 0 Å². The second-order valence-corrected chi connectivity index (χ2v) is 5.18. The normalized spacial score (nSPS) is 12.6. The summed E-state index contributed by atoms with van der Waals surface area (Å²) in [7, 11) is 1.45. The molecule has 0 aliphatic heterocycles. The lowest BCUT2D eigenvalue weighted by Gasteiger charge is -2.18. The molecule has 0 spiro atoms. The van der Waals surface area contributed by atoms with E-state index in [1.165, 1.54) is 18.2 Å². The molecule has 1 aromatic heterocycles. The summed E-state index contributed by atoms with van der Waals surface area (Å²) in [6, 6.07) is 1.72. The summed E-state index contributed by atoms with van der Waals surface area (Å²) in [5, 5.41) is 3.21. The zero-order chi connectivity index (χ0) is 14.5. The highest BCUT2D eigenvalue weighted by atomic mass is 19.4. The van der Waals surface area contributed by atoms with Crippen molar-refractivity contribution in [2.45, 2.75) is 33.1 Å². The Morgan fingerprint density at radius 3 is 2.63 bits per heavy atom. The van der Waals surface area contributed by atoms with Crippen LogP contribution in [0.1, 0.15) is 25.2 Å². The number of halogens is 3. The third kappa shape index (κ3) is 6.63. The van der Waals surface area contributed by atoms with Crippen LogP contribution in [0.15, 0.2) is 16.7 Å². The molecule has 0 bridgehead atoms. The van der Waals surface area contributed by atoms with Crippen LogP contribution in [0.5, 0.6) is 0 Å². The Morgan fingerprint density at radius 2 is 2.05 bits per heavy atom. The van der Waals surface area contributed by atoms with E-state index < -0.39 is 12.7 Å². The molecule has 0 saturated heterocycles. The second kappa shape index (κ2) is 6.96. The van der Waals surface area contributed by atoms with Crippen molar-refractivity contribution in [1.29, 1.82) is 0 Å². The molecule has 0 atom stereocenters. The summed E-state index contributed by atoms with van der Waals surface area (Å²) in [5.41, 5.74) is 0.794. The van der Waals surface area contributed by atoms with Gasteiger partial charge in [-0.3, -0.25) is 4.90 Å². The molecule has 1 aromatic rings. The van der Waals surface area contributed by atoms with E-state index in [-0.39, 0.29) is 6.54 Å². The van der Waals surface area contributed by atoms with E-state index in [1.807, 2.05) is 0 Å². The minimum Gasteiger partial charge on any atom is -0.468 e. The van der Waals surface area contributed by atoms with E-state index in [2.05, 4.69) is 19.2 Å². The summed E-state index contributed by atoms with van der Waals surface area (Å²) in [4.78, 5) is 1.23. The minimum atomic E-state index is -4.17. The molecule has 1 heterocycles. The van der Waals surface area contributed by atoms with Gasteiger partial charge >= 0.3 is 6.18 Å². The van der Waals surface area contributed by atoms with Crippen molar-refractivity contribution in [3.05, 3.63) is 23.7 Å². The predicted molar refractivity (Wildman–Crippen MR) is 67.6 cm³/mol. The molecule has 19 heavy (non-hydrogen) atoms. The van der Waals surface area contributed by atoms with Gasteiger partial charge in [-0.1, -0.05) is 13.8 Å². The van der Waals surface area contributed by atoms with Crippen LogP contribution in [0.4, 0.5) is 13.2 Å². The first-order valence-electron chi connectivity index (χ1n) is 6.29. The van der Waals surface area contributed by atoms with Crippen molar-refractivity contribution in [2.24, 2.45) is 5.92 Å². The van der Waals surface area contributed by atoms with Gasteiger partial charge < -0.3 is 9.73 Å². The molecule has 6 heteroatoms. The third-order valence-corrected chi connectivity index (χ3v) is 2.57. The Bertz CT molecular complexity index is 374. The van der Waals surface area contributed by atoms with Crippen LogP contribution in [0, 0.1) is 5.92 Å². The van der Waals surface area contributed by atoms with Gasteiger partial charge in [0.15, 0.2) is 0 Å². The van der Waals surface area contributed by atoms with Crippen molar-refractivity contribution >= 4 is 0 Å². The number of furan rings is 1. The molecular formula is C13H21F3N2O. The predicted octanol–water partition coefficient (Wildman–Crippen LogP) is 3.02. The average Bonchev–Trinajstić information content (AvgIpc) is 2.62. The van der Waals surface area contributed by atoms with Gasteiger partial charge in [-0.05, 0) is 25.6 Å². The number of alkyl halides is 3. The average molecular weight is 278 g/mol. The molecule has 1 rings (SSSR count). The van der Waals surface area contributed by atoms with E-state index in [1.54, 1.807) is 6.07 Å². The highest BCUT2D eigenvalue weighted by Crippen LogP contribution is 2.18. The fourth-order valence-corrected chi connectivity index (χ4v) is 1.79. The van der Waals surface area contributed by atoms with Gasteiger partial charge in [0.05, 0.1) is 19.4 Å². The summed E-state index contributed by atoms with van der Waals surface area (Å²) in [6.07, 6.45) is -2.66. The SMILES string of the molecule is CC(C)CNCc1occc1CN(C)CC(F)(F)F. The van der Waals surface area contributed by atoms with E-state index in [9.17, 15) is 13.2 Å². The highest BCUT2D eigenvalue weighted by Gasteiger charge is 2.29. The van der Waals surface area contributed by atoms with Crippen LogP contribution in [0.25, 0.3) is 0 Å². The summed E-state index contributed by atoms with van der Waals surface area (Å²) in [5.74, 6) is 1.22. The topological polar surface area (TPSA) is 28.4 Å². The molecule has 0 aromatic carbocycles. The van der Waals surface area contributed by atoms with Crippen molar-refractivity contribution in [1.82, 2.24) is 10.2 Å². The van der Waals surface area contributed by atoms with Crippen LogP contribution in [0.3, 0.4) is 0 Å². The molecule has 1 N–H and O–H groups in total. The van der Waals surface area contributed by atoms with Crippen molar-refractivity contribution in [3.8, 4) is 0 Å². The molecule has 0 aliphatic carbocycles. The van der Waals surface area contributed by atoms with Gasteiger partial charge in [0.2, 0.25) is 0 Å². The second-order valence-electron chi connectivity index (χ2n) is 5.18. The first-order chi connectivity index (χ1) is 8.78. The molecule has 0 saturated carbocycles. The lowest BCUT2D eigenvalue weighted by Crippen LogP contribution is -2.31. The first kappa shape index (κ1) is 16.0. The first-order valence-corrected chi connectivity index (χ1v) is 6.29. The van der Waals surface area contributed by atoms with Gasteiger partial charge in [0, 0.05) is 12.1 Å². The molecule has 0 aliphatic rings. The maximum absolute atomic E-state index is 12.2. The monoisotopic (exact) mass is 278 g/mol. The molecule has 0 radical (unpaired) electrons. The number of hydrogen-bond donors (Lipinski definition) is 1. The van der Waals surface area contributed by atoms with E-state index in [0.29, 0.717) is 18.2 Å². The van der Waals surface area contributed by atoms with Crippen LogP contribution in [-0.2, 0) is 13.1 Å². The Kier molecular flexibility index (Phi) is 5.87. The summed E-state index contributed by atoms with van der Waals surface area (Å²) in [6.45, 7) is 4.88. The zero-order valence-electron chi connectivity index (χ0n) is 11.5. The van der Waals surface area contributed by atoms with Crippen molar-refractivity contribution < 1.29 is 17.6 Å². The Labute approximate surface area is 111 Å². The van der Waals surface area contributed by atoms with E-state index in [4.69, 9.17) is 4.42 Å². The number of nitrogens with zero attached hydrogens (tertiary/aromatic N) is 1. The lowest BCUT2D eigenvalue weighted by atomic mass is 10.2. The molecule has 0 amide bonds. The number of hydrogen-bond acceptors (Lipinski definition) is 3. The van der Waals surface area contributed by atoms with Gasteiger partial charge in [-0.15, -0.1) is 0 Å². The quantitative estimate of drug-likeness (QED) is 0.831. The Balaban J connectivity index is 2.48. The van der Waals surface area contributed by atoms with E-state index in [0.717, 1.165) is 12.1 Å². The summed E-state index contributed by atoms with van der Waals surface area (Å²) < 4.78 is 42.1. The molecule has 3 nitrogen and oxygen atoms in total. The van der Waals surface area contributed by atoms with Crippen LogP contribution >= 0.6 is 0 Å². The Hall–Kier alpha value is -1.01. The maximum Gasteiger partial charge on any atom is 0.401 e. The summed E-state index contributed by atoms with van der Waals surface area (Å²) >= 11 is 0. The third-order valence-electron chi connectivity index (χ3n) is 2.57. The zero-order valence-corrected chi connectivity index (χ0v) is 11.5.